The second kappa shape index (κ2) is 10.1. The highest BCUT2D eigenvalue weighted by Gasteiger charge is 2.28. The predicted octanol–water partition coefficient (Wildman–Crippen LogP) is -0.407. The molecule has 0 bridgehead atoms. The fourth-order valence-corrected chi connectivity index (χ4v) is 2.36. The highest BCUT2D eigenvalue weighted by atomic mass is 79.9. The van der Waals surface area contributed by atoms with Crippen molar-refractivity contribution in [2.24, 2.45) is 0 Å². The van der Waals surface area contributed by atoms with Crippen molar-refractivity contribution in [1.29, 1.82) is 0 Å². The molecule has 0 aliphatic carbocycles. The summed E-state index contributed by atoms with van der Waals surface area (Å²) in [7, 11) is -0.555. The van der Waals surface area contributed by atoms with Gasteiger partial charge in [0.15, 0.2) is 0 Å². The highest BCUT2D eigenvalue weighted by Crippen LogP contribution is 2.13. The number of nitrogens with zero attached hydrogens (tertiary/aromatic N) is 1. The number of hydrogen-bond donors (Lipinski definition) is 1. The van der Waals surface area contributed by atoms with Gasteiger partial charge in [-0.05, 0) is 12.8 Å². The molecule has 0 heterocycles. The quantitative estimate of drug-likeness (QED) is 0.249. The van der Waals surface area contributed by atoms with Crippen LogP contribution in [0.25, 0.3) is 0 Å². The van der Waals surface area contributed by atoms with Crippen molar-refractivity contribution in [2.45, 2.75) is 58.6 Å². The van der Waals surface area contributed by atoms with E-state index in [0.29, 0.717) is 4.48 Å². The number of unbranched alkanes of at least 4 members (excludes halogenated alkanes) is 5. The summed E-state index contributed by atoms with van der Waals surface area (Å²) in [6.07, 6.45) is 6.62. The third-order valence-electron chi connectivity index (χ3n) is 3.33. The summed E-state index contributed by atoms with van der Waals surface area (Å²) in [4.78, 5) is 0. The Morgan fingerprint density at radius 1 is 1.11 bits per heavy atom. The average Bonchev–Trinajstić information content (AvgIpc) is 2.20. The van der Waals surface area contributed by atoms with E-state index in [1.165, 1.54) is 25.7 Å². The van der Waals surface area contributed by atoms with E-state index < -0.39 is 16.6 Å². The molecule has 0 aromatic heterocycles. The Morgan fingerprint density at radius 3 is 2.05 bits per heavy atom. The van der Waals surface area contributed by atoms with Gasteiger partial charge in [0.1, 0.15) is 0 Å². The van der Waals surface area contributed by atoms with E-state index in [4.69, 9.17) is 4.55 Å². The van der Waals surface area contributed by atoms with Crippen LogP contribution in [-0.4, -0.2) is 44.3 Å². The van der Waals surface area contributed by atoms with Crippen molar-refractivity contribution in [3.63, 3.8) is 0 Å². The Labute approximate surface area is 128 Å². The maximum atomic E-state index is 10.7. The van der Waals surface area contributed by atoms with Crippen LogP contribution >= 0.6 is 0 Å². The lowest BCUT2D eigenvalue weighted by Gasteiger charge is -2.34. The van der Waals surface area contributed by atoms with Crippen LogP contribution in [0.15, 0.2) is 0 Å². The first-order chi connectivity index (χ1) is 8.19. The fourth-order valence-electron chi connectivity index (χ4n) is 1.77. The van der Waals surface area contributed by atoms with Crippen LogP contribution in [-0.2, 0) is 14.6 Å². The Bertz CT molecular complexity index is 320. The molecule has 0 amide bonds. The van der Waals surface area contributed by atoms with Crippen LogP contribution in [0, 0.1) is 0 Å². The number of hydrogen-bond acceptors (Lipinski definition) is 3. The molecule has 0 aromatic carbocycles. The predicted molar refractivity (Wildman–Crippen MR) is 72.4 cm³/mol. The van der Waals surface area contributed by atoms with Gasteiger partial charge in [0.25, 0.3) is 0 Å². The summed E-state index contributed by atoms with van der Waals surface area (Å²) in [5, 5.41) is 0. The summed E-state index contributed by atoms with van der Waals surface area (Å²) in [5.74, 6) is 0. The normalized spacial score (nSPS) is 13.9. The zero-order valence-electron chi connectivity index (χ0n) is 12.4. The van der Waals surface area contributed by atoms with Crippen LogP contribution in [0.5, 0.6) is 0 Å². The molecule has 7 heteroatoms. The molecule has 0 saturated heterocycles. The number of quaternary nitrogens is 1. The number of rotatable bonds is 10. The zero-order chi connectivity index (χ0) is 14.2. The van der Waals surface area contributed by atoms with E-state index in [2.05, 4.69) is 11.1 Å². The average molecular weight is 362 g/mol. The Balaban J connectivity index is 0. The molecule has 1 atom stereocenters. The van der Waals surface area contributed by atoms with Gasteiger partial charge in [0.2, 0.25) is 6.23 Å². The van der Waals surface area contributed by atoms with E-state index in [-0.39, 0.29) is 17.0 Å². The molecule has 118 valence electrons. The van der Waals surface area contributed by atoms with E-state index in [1.807, 2.05) is 14.1 Å². The molecule has 0 aliphatic rings. The topological polar surface area (TPSA) is 63.6 Å². The third-order valence-corrected chi connectivity index (χ3v) is 3.85. The Hall–Kier alpha value is 0.310. The third kappa shape index (κ3) is 11.8. The smallest absolute Gasteiger partial charge is 0.402 e. The summed E-state index contributed by atoms with van der Waals surface area (Å²) in [6, 6.07) is 0. The summed E-state index contributed by atoms with van der Waals surface area (Å²) >= 11 is 0. The van der Waals surface area contributed by atoms with Crippen molar-refractivity contribution >= 4 is 10.4 Å². The monoisotopic (exact) mass is 361 g/mol. The minimum Gasteiger partial charge on any atom is -1.00 e. The molecular weight excluding hydrogens is 334 g/mol. The van der Waals surface area contributed by atoms with Gasteiger partial charge < -0.3 is 21.5 Å². The van der Waals surface area contributed by atoms with Crippen molar-refractivity contribution in [3.8, 4) is 0 Å². The van der Waals surface area contributed by atoms with Gasteiger partial charge in [-0.15, -0.1) is 0 Å². The van der Waals surface area contributed by atoms with Gasteiger partial charge in [-0.1, -0.05) is 32.6 Å². The molecule has 0 rings (SSSR count). The van der Waals surface area contributed by atoms with Crippen LogP contribution in [0.3, 0.4) is 0 Å². The standard InChI is InChI=1S/C12H27NO4S.BrH/c1-5-6-7-8-9-10-11-13(3,4)12(2)17-18(14,15)16;/h12H,5-11H2,1-4H3;1H. The van der Waals surface area contributed by atoms with Crippen LogP contribution in [0.4, 0.5) is 0 Å². The van der Waals surface area contributed by atoms with Crippen molar-refractivity contribution in [1.82, 2.24) is 0 Å². The number of halogens is 1. The molecule has 0 aromatic rings. The molecule has 0 aliphatic heterocycles. The van der Waals surface area contributed by atoms with Gasteiger partial charge in [-0.3, -0.25) is 4.55 Å². The van der Waals surface area contributed by atoms with E-state index in [1.54, 1.807) is 6.92 Å². The van der Waals surface area contributed by atoms with Crippen LogP contribution in [0.2, 0.25) is 0 Å². The first-order valence-corrected chi connectivity index (χ1v) is 8.04. The zero-order valence-corrected chi connectivity index (χ0v) is 14.8. The van der Waals surface area contributed by atoms with Gasteiger partial charge in [0.05, 0.1) is 20.6 Å². The molecule has 0 saturated carbocycles. The van der Waals surface area contributed by atoms with Gasteiger partial charge >= 0.3 is 10.4 Å². The summed E-state index contributed by atoms with van der Waals surface area (Å²) < 4.78 is 35.0. The summed E-state index contributed by atoms with van der Waals surface area (Å²) in [5.41, 5.74) is 0. The molecule has 0 radical (unpaired) electrons. The van der Waals surface area contributed by atoms with Crippen LogP contribution < -0.4 is 17.0 Å². The first kappa shape index (κ1) is 21.6. The van der Waals surface area contributed by atoms with Gasteiger partial charge in [0, 0.05) is 6.92 Å². The largest absolute Gasteiger partial charge is 1.00 e. The molecule has 0 spiro atoms. The lowest BCUT2D eigenvalue weighted by molar-refractivity contribution is -0.931. The Kier molecular flexibility index (Phi) is 11.5. The van der Waals surface area contributed by atoms with Crippen molar-refractivity contribution in [3.05, 3.63) is 0 Å². The van der Waals surface area contributed by atoms with E-state index in [9.17, 15) is 8.42 Å². The van der Waals surface area contributed by atoms with E-state index >= 15 is 0 Å². The molecule has 5 nitrogen and oxygen atoms in total. The minimum atomic E-state index is -4.36. The minimum absolute atomic E-state index is 0. The molecule has 19 heavy (non-hydrogen) atoms. The second-order valence-electron chi connectivity index (χ2n) is 5.39. The molecule has 0 fully saturated rings. The van der Waals surface area contributed by atoms with Gasteiger partial charge in [-0.25, -0.2) is 0 Å². The highest BCUT2D eigenvalue weighted by molar-refractivity contribution is 7.80. The Morgan fingerprint density at radius 2 is 1.58 bits per heavy atom. The molecule has 1 N–H and O–H groups in total. The summed E-state index contributed by atoms with van der Waals surface area (Å²) in [6.45, 7) is 4.68. The van der Waals surface area contributed by atoms with E-state index in [0.717, 1.165) is 19.4 Å². The maximum Gasteiger partial charge on any atom is 0.402 e. The molecular formula is C12H28BrNO4S. The lowest BCUT2D eigenvalue weighted by Crippen LogP contribution is -3.00. The van der Waals surface area contributed by atoms with Crippen LogP contribution in [0.1, 0.15) is 52.4 Å². The van der Waals surface area contributed by atoms with Gasteiger partial charge in [-0.2, -0.15) is 12.6 Å². The first-order valence-electron chi connectivity index (χ1n) is 6.67. The van der Waals surface area contributed by atoms with Crippen molar-refractivity contribution in [2.75, 3.05) is 20.6 Å². The van der Waals surface area contributed by atoms with Crippen molar-refractivity contribution < 1.29 is 38.6 Å². The SMILES string of the molecule is CCCCCCCC[N+](C)(C)C(C)OS(=O)(=O)O.[Br-]. The second-order valence-corrected chi connectivity index (χ2v) is 6.44. The maximum absolute atomic E-state index is 10.7. The molecule has 1 unspecified atom stereocenters. The lowest BCUT2D eigenvalue weighted by atomic mass is 10.1. The fraction of sp³-hybridized carbons (Fsp3) is 1.00.